The normalized spacial score (nSPS) is 13.1. The van der Waals surface area contributed by atoms with E-state index in [9.17, 15) is 0 Å². The summed E-state index contributed by atoms with van der Waals surface area (Å²) in [6.45, 7) is 0. The first-order chi connectivity index (χ1) is 22.3. The van der Waals surface area contributed by atoms with Crippen molar-refractivity contribution in [3.63, 3.8) is 0 Å². The number of nitrogens with zero attached hydrogens (tertiary/aromatic N) is 3. The molecule has 0 radical (unpaired) electrons. The molecule has 1 aliphatic carbocycles. The van der Waals surface area contributed by atoms with Crippen LogP contribution in [0.4, 0.5) is 0 Å². The van der Waals surface area contributed by atoms with E-state index < -0.39 is 5.41 Å². The molecule has 0 fully saturated rings. The van der Waals surface area contributed by atoms with Crippen LogP contribution in [0.1, 0.15) is 22.5 Å². The van der Waals surface area contributed by atoms with Crippen molar-refractivity contribution in [2.45, 2.75) is 5.41 Å². The summed E-state index contributed by atoms with van der Waals surface area (Å²) in [5.41, 5.74) is 7.09. The zero-order chi connectivity index (χ0) is 29.8. The Morgan fingerprint density at radius 2 is 0.800 bits per heavy atom. The Bertz CT molecular complexity index is 2250. The minimum atomic E-state index is -0.728. The van der Waals surface area contributed by atoms with E-state index >= 15 is 0 Å². The molecule has 0 unspecified atom stereocenters. The van der Waals surface area contributed by atoms with Crippen LogP contribution in [0.25, 0.3) is 55.4 Å². The molecule has 3 heteroatoms. The number of benzene rings is 7. The molecular weight excluding hydrogens is 546 g/mol. The zero-order valence-corrected chi connectivity index (χ0v) is 24.4. The van der Waals surface area contributed by atoms with Crippen LogP contribution in [-0.4, -0.2) is 15.0 Å². The van der Waals surface area contributed by atoms with E-state index in [1.807, 2.05) is 0 Å². The van der Waals surface area contributed by atoms with Gasteiger partial charge in [0.1, 0.15) is 5.41 Å². The molecule has 1 aromatic heterocycles. The number of fused-ring (bicyclic) bond motifs is 5. The van der Waals surface area contributed by atoms with E-state index in [2.05, 4.69) is 164 Å². The van der Waals surface area contributed by atoms with Gasteiger partial charge >= 0.3 is 0 Å². The van der Waals surface area contributed by atoms with Gasteiger partial charge in [0, 0.05) is 11.1 Å². The summed E-state index contributed by atoms with van der Waals surface area (Å²) in [4.78, 5) is 16.0. The average Bonchev–Trinajstić information content (AvgIpc) is 3.42. The van der Waals surface area contributed by atoms with Crippen molar-refractivity contribution in [2.75, 3.05) is 0 Å². The van der Waals surface area contributed by atoms with Gasteiger partial charge in [0.15, 0.2) is 17.5 Å². The van der Waals surface area contributed by atoms with Crippen molar-refractivity contribution in [1.82, 2.24) is 15.0 Å². The predicted molar refractivity (Wildman–Crippen MR) is 183 cm³/mol. The minimum Gasteiger partial charge on any atom is -0.211 e. The SMILES string of the molecule is c1ccc(C2(c3nc(-c4ccc5ccccc5c4)nc(-c4ccc5ccccc5c4)n3)c3ccccc3-c3ccccc32)cc1. The van der Waals surface area contributed by atoms with Gasteiger partial charge < -0.3 is 0 Å². The molecule has 0 amide bonds. The van der Waals surface area contributed by atoms with Crippen LogP contribution in [0.2, 0.25) is 0 Å². The fourth-order valence-corrected chi connectivity index (χ4v) is 7.06. The molecule has 1 aliphatic rings. The van der Waals surface area contributed by atoms with Gasteiger partial charge in [0.2, 0.25) is 0 Å². The Balaban J connectivity index is 1.39. The first kappa shape index (κ1) is 25.6. The fraction of sp³-hybridized carbons (Fsp3) is 0.0238. The average molecular weight is 574 g/mol. The van der Waals surface area contributed by atoms with Gasteiger partial charge in [-0.3, -0.25) is 0 Å². The Kier molecular flexibility index (Phi) is 5.72. The minimum absolute atomic E-state index is 0.658. The second-order valence-corrected chi connectivity index (χ2v) is 11.6. The fourth-order valence-electron chi connectivity index (χ4n) is 7.06. The molecule has 8 aromatic rings. The molecule has 0 saturated heterocycles. The zero-order valence-electron chi connectivity index (χ0n) is 24.4. The maximum Gasteiger partial charge on any atom is 0.163 e. The summed E-state index contributed by atoms with van der Waals surface area (Å²) < 4.78 is 0. The highest BCUT2D eigenvalue weighted by atomic mass is 15.0. The standard InChI is InChI=1S/C42H27N3/c1-2-16-34(17-3-1)42(37-20-10-8-18-35(37)36-19-9-11-21-38(36)42)41-44-39(32-24-22-28-12-4-6-14-30(28)26-32)43-40(45-41)33-25-23-29-13-5-7-15-31(29)27-33/h1-27H. The summed E-state index contributed by atoms with van der Waals surface area (Å²) in [6.07, 6.45) is 0. The molecule has 3 nitrogen and oxygen atoms in total. The highest BCUT2D eigenvalue weighted by Crippen LogP contribution is 2.55. The highest BCUT2D eigenvalue weighted by Gasteiger charge is 2.48. The van der Waals surface area contributed by atoms with Crippen molar-refractivity contribution < 1.29 is 0 Å². The lowest BCUT2D eigenvalue weighted by Crippen LogP contribution is -2.31. The smallest absolute Gasteiger partial charge is 0.163 e. The summed E-state index contributed by atoms with van der Waals surface area (Å²) in [5.74, 6) is 2.03. The number of aromatic nitrogens is 3. The number of hydrogen-bond donors (Lipinski definition) is 0. The van der Waals surface area contributed by atoms with Crippen molar-refractivity contribution in [3.8, 4) is 33.9 Å². The summed E-state index contributed by atoms with van der Waals surface area (Å²) >= 11 is 0. The van der Waals surface area contributed by atoms with E-state index in [1.54, 1.807) is 0 Å². The molecule has 0 spiro atoms. The van der Waals surface area contributed by atoms with Gasteiger partial charge in [-0.1, -0.05) is 152 Å². The molecule has 0 saturated carbocycles. The van der Waals surface area contributed by atoms with E-state index in [4.69, 9.17) is 15.0 Å². The Morgan fingerprint density at radius 3 is 1.33 bits per heavy atom. The van der Waals surface area contributed by atoms with Crippen LogP contribution < -0.4 is 0 Å². The topological polar surface area (TPSA) is 38.7 Å². The van der Waals surface area contributed by atoms with Crippen molar-refractivity contribution in [1.29, 1.82) is 0 Å². The lowest BCUT2D eigenvalue weighted by atomic mass is 9.71. The van der Waals surface area contributed by atoms with Gasteiger partial charge in [0.25, 0.3) is 0 Å². The lowest BCUT2D eigenvalue weighted by molar-refractivity contribution is 0.692. The third-order valence-corrected chi connectivity index (χ3v) is 9.15. The van der Waals surface area contributed by atoms with Crippen LogP contribution in [0.3, 0.4) is 0 Å². The van der Waals surface area contributed by atoms with Gasteiger partial charge in [-0.05, 0) is 61.5 Å². The lowest BCUT2D eigenvalue weighted by Gasteiger charge is -2.32. The van der Waals surface area contributed by atoms with Crippen molar-refractivity contribution in [3.05, 3.63) is 186 Å². The molecular formula is C42H27N3. The Labute approximate surface area is 261 Å². The van der Waals surface area contributed by atoms with Gasteiger partial charge in [0.05, 0.1) is 0 Å². The Morgan fingerprint density at radius 1 is 0.356 bits per heavy atom. The molecule has 45 heavy (non-hydrogen) atoms. The summed E-state index contributed by atoms with van der Waals surface area (Å²) in [5, 5.41) is 4.67. The van der Waals surface area contributed by atoms with Crippen LogP contribution in [0.5, 0.6) is 0 Å². The molecule has 210 valence electrons. The Hall–Kier alpha value is -5.93. The third-order valence-electron chi connectivity index (χ3n) is 9.15. The molecule has 0 bridgehead atoms. The molecule has 0 atom stereocenters. The maximum atomic E-state index is 5.40. The van der Waals surface area contributed by atoms with Gasteiger partial charge in [-0.25, -0.2) is 15.0 Å². The summed E-state index contributed by atoms with van der Waals surface area (Å²) in [7, 11) is 0. The molecule has 7 aromatic carbocycles. The summed E-state index contributed by atoms with van der Waals surface area (Å²) in [6, 6.07) is 57.8. The van der Waals surface area contributed by atoms with E-state index in [0.29, 0.717) is 17.5 Å². The third kappa shape index (κ3) is 3.94. The van der Waals surface area contributed by atoms with Gasteiger partial charge in [-0.15, -0.1) is 0 Å². The van der Waals surface area contributed by atoms with E-state index in [0.717, 1.165) is 27.5 Å². The monoisotopic (exact) mass is 573 g/mol. The number of rotatable bonds is 4. The largest absolute Gasteiger partial charge is 0.211 e. The van der Waals surface area contributed by atoms with E-state index in [-0.39, 0.29) is 0 Å². The van der Waals surface area contributed by atoms with Crippen molar-refractivity contribution >= 4 is 21.5 Å². The van der Waals surface area contributed by atoms with Crippen LogP contribution in [0.15, 0.2) is 164 Å². The molecule has 0 aliphatic heterocycles. The van der Waals surface area contributed by atoms with Crippen molar-refractivity contribution in [2.24, 2.45) is 0 Å². The quantitative estimate of drug-likeness (QED) is 0.210. The van der Waals surface area contributed by atoms with Crippen LogP contribution >= 0.6 is 0 Å². The second-order valence-electron chi connectivity index (χ2n) is 11.6. The second kappa shape index (κ2) is 10.1. The van der Waals surface area contributed by atoms with Gasteiger partial charge in [-0.2, -0.15) is 0 Å². The molecule has 1 heterocycles. The van der Waals surface area contributed by atoms with Crippen LogP contribution in [0, 0.1) is 0 Å². The van der Waals surface area contributed by atoms with Crippen LogP contribution in [-0.2, 0) is 5.41 Å². The molecule has 9 rings (SSSR count). The first-order valence-electron chi connectivity index (χ1n) is 15.3. The predicted octanol–water partition coefficient (Wildman–Crippen LogP) is 9.88. The first-order valence-corrected chi connectivity index (χ1v) is 15.3. The molecule has 0 N–H and O–H groups in total. The highest BCUT2D eigenvalue weighted by molar-refractivity contribution is 5.89. The van der Waals surface area contributed by atoms with E-state index in [1.165, 1.54) is 33.0 Å². The maximum absolute atomic E-state index is 5.40. The number of hydrogen-bond acceptors (Lipinski definition) is 3.